The molecule has 86 heavy (non-hydrogen) atoms. The molecule has 0 bridgehead atoms. The van der Waals surface area contributed by atoms with Gasteiger partial charge in [0, 0.05) is 6.42 Å². The van der Waals surface area contributed by atoms with Gasteiger partial charge in [-0.15, -0.1) is 0 Å². The van der Waals surface area contributed by atoms with Gasteiger partial charge in [0.15, 0.2) is 12.6 Å². The third kappa shape index (κ3) is 38.4. The number of hydrogen-bond acceptors (Lipinski definition) is 13. The molecule has 2 saturated heterocycles. The molecule has 0 spiro atoms. The lowest BCUT2D eigenvalue weighted by Crippen LogP contribution is -2.65. The summed E-state index contributed by atoms with van der Waals surface area (Å²) in [5.41, 5.74) is 0. The zero-order chi connectivity index (χ0) is 62.3. The van der Waals surface area contributed by atoms with Crippen molar-refractivity contribution in [2.45, 2.75) is 242 Å². The zero-order valence-electron chi connectivity index (χ0n) is 52.0. The molecule has 482 valence electrons. The molecule has 14 nitrogen and oxygen atoms in total. The van der Waals surface area contributed by atoms with Crippen LogP contribution in [-0.4, -0.2) is 140 Å². The van der Waals surface area contributed by atoms with E-state index in [9.17, 15) is 45.6 Å². The van der Waals surface area contributed by atoms with Gasteiger partial charge >= 0.3 is 0 Å². The minimum absolute atomic E-state index is 0.201. The molecular weight excluding hydrogens is 1090 g/mol. The second-order valence-electron chi connectivity index (χ2n) is 21.4. The number of ether oxygens (including phenoxy) is 4. The first-order valence-electron chi connectivity index (χ1n) is 32.0. The van der Waals surface area contributed by atoms with Crippen molar-refractivity contribution >= 4 is 5.91 Å². The number of nitrogens with one attached hydrogen (secondary N) is 1. The highest BCUT2D eigenvalue weighted by Gasteiger charge is 2.51. The first kappa shape index (κ1) is 77.2. The second-order valence-corrected chi connectivity index (χ2v) is 21.4. The van der Waals surface area contributed by atoms with Crippen molar-refractivity contribution in [1.82, 2.24) is 5.32 Å². The highest BCUT2D eigenvalue weighted by Crippen LogP contribution is 2.30. The Balaban J connectivity index is 1.69. The van der Waals surface area contributed by atoms with Crippen LogP contribution in [-0.2, 0) is 23.7 Å². The van der Waals surface area contributed by atoms with Crippen LogP contribution >= 0.6 is 0 Å². The average Bonchev–Trinajstić information content (AvgIpc) is 2.76. The summed E-state index contributed by atoms with van der Waals surface area (Å²) in [6.07, 6.45) is 69.5. The Morgan fingerprint density at radius 3 is 1.23 bits per heavy atom. The molecule has 2 heterocycles. The Bertz CT molecular complexity index is 2140. The summed E-state index contributed by atoms with van der Waals surface area (Å²) in [5, 5.41) is 87.0. The number of aliphatic hydroxyl groups is 8. The predicted octanol–water partition coefficient (Wildman–Crippen LogP) is 12.2. The van der Waals surface area contributed by atoms with E-state index in [0.29, 0.717) is 12.8 Å². The number of rotatable bonds is 48. The summed E-state index contributed by atoms with van der Waals surface area (Å²) < 4.78 is 22.7. The summed E-state index contributed by atoms with van der Waals surface area (Å²) in [4.78, 5) is 13.2. The van der Waals surface area contributed by atoms with Crippen LogP contribution in [0.25, 0.3) is 0 Å². The Morgan fingerprint density at radius 1 is 0.430 bits per heavy atom. The Hall–Kier alpha value is -4.91. The van der Waals surface area contributed by atoms with E-state index in [2.05, 4.69) is 189 Å². The molecule has 12 atom stereocenters. The highest BCUT2D eigenvalue weighted by atomic mass is 16.7. The molecule has 0 radical (unpaired) electrons. The lowest BCUT2D eigenvalue weighted by Gasteiger charge is -2.46. The Morgan fingerprint density at radius 2 is 0.802 bits per heavy atom. The van der Waals surface area contributed by atoms with E-state index in [1.807, 2.05) is 6.08 Å². The summed E-state index contributed by atoms with van der Waals surface area (Å²) >= 11 is 0. The minimum atomic E-state index is -1.81. The quantitative estimate of drug-likeness (QED) is 0.0204. The van der Waals surface area contributed by atoms with E-state index in [4.69, 9.17) is 18.9 Å². The number of allylic oxidation sites excluding steroid dienone is 29. The second kappa shape index (κ2) is 54.3. The molecule has 0 saturated carbocycles. The fourth-order valence-corrected chi connectivity index (χ4v) is 8.95. The summed E-state index contributed by atoms with van der Waals surface area (Å²) in [7, 11) is 0. The van der Waals surface area contributed by atoms with Gasteiger partial charge in [-0.2, -0.15) is 0 Å². The first-order valence-corrected chi connectivity index (χ1v) is 32.0. The lowest BCUT2D eigenvalue weighted by atomic mass is 9.97. The Kier molecular flexibility index (Phi) is 48.7. The Labute approximate surface area is 517 Å². The average molecular weight is 1200 g/mol. The van der Waals surface area contributed by atoms with Gasteiger partial charge in [-0.25, -0.2) is 0 Å². The molecule has 0 aromatic heterocycles. The zero-order valence-corrected chi connectivity index (χ0v) is 52.0. The molecule has 1 amide bonds. The molecule has 2 aliphatic heterocycles. The molecule has 0 aromatic rings. The highest BCUT2D eigenvalue weighted by molar-refractivity contribution is 5.76. The predicted molar refractivity (Wildman–Crippen MR) is 350 cm³/mol. The van der Waals surface area contributed by atoms with E-state index in [-0.39, 0.29) is 18.9 Å². The third-order valence-electron chi connectivity index (χ3n) is 14.1. The van der Waals surface area contributed by atoms with Crippen molar-refractivity contribution in [1.29, 1.82) is 0 Å². The normalized spacial score (nSPS) is 24.7. The lowest BCUT2D eigenvalue weighted by molar-refractivity contribution is -0.359. The van der Waals surface area contributed by atoms with Crippen LogP contribution in [0.3, 0.4) is 0 Å². The summed E-state index contributed by atoms with van der Waals surface area (Å²) in [5.74, 6) is -0.306. The third-order valence-corrected chi connectivity index (χ3v) is 14.1. The molecule has 9 N–H and O–H groups in total. The molecule has 0 aliphatic carbocycles. The van der Waals surface area contributed by atoms with E-state index < -0.39 is 86.8 Å². The monoisotopic (exact) mass is 1200 g/mol. The number of hydrogen-bond donors (Lipinski definition) is 9. The number of unbranched alkanes of at least 4 members (excludes halogenated alkanes) is 7. The standard InChI is InChI=1S/C72H111NO13/c1-3-5-7-9-11-13-15-17-18-19-20-21-22-23-24-25-26-27-28-29-30-31-32-33-34-35-36-37-38-39-40-41-42-44-46-48-50-52-54-56-64(77)73-60(61(76)55-53-51-49-47-45-43-16-14-12-10-8-6-4-2)59-83-71-69(82)67(80)70(63(58-75)85-71)86-72-68(81)66(79)65(78)62(57-74)84-72/h5,7,11-14,17-18,20-21,23-24,26-27,29-30,32-33,35-36,38-39,41-42,45-48,53,55,60-63,65-72,74-76,78-82H,3-4,6,8-10,15-16,19,22,25,28,31,34,37,40,43-44,49-52,54,56-59H2,1-2H3,(H,73,77)/b7-5-,13-11-,14-12+,18-17-,21-20-,24-23-,27-26-,30-29-,33-32-,36-35-,39-38-,42-41-,47-45+,48-46-,55-53+. The van der Waals surface area contributed by atoms with Crippen molar-refractivity contribution in [2.75, 3.05) is 19.8 Å². The molecule has 0 aromatic carbocycles. The van der Waals surface area contributed by atoms with Crippen LogP contribution in [0.2, 0.25) is 0 Å². The van der Waals surface area contributed by atoms with E-state index in [1.54, 1.807) is 6.08 Å². The van der Waals surface area contributed by atoms with Gasteiger partial charge in [-0.3, -0.25) is 4.79 Å². The number of amides is 1. The van der Waals surface area contributed by atoms with Crippen molar-refractivity contribution in [2.24, 2.45) is 0 Å². The minimum Gasteiger partial charge on any atom is -0.394 e. The van der Waals surface area contributed by atoms with Crippen LogP contribution in [0.15, 0.2) is 182 Å². The molecule has 14 heteroatoms. The van der Waals surface area contributed by atoms with Gasteiger partial charge in [-0.1, -0.05) is 209 Å². The molecular formula is C72H111NO13. The molecule has 2 rings (SSSR count). The molecule has 2 aliphatic rings. The van der Waals surface area contributed by atoms with Crippen molar-refractivity contribution in [3.05, 3.63) is 182 Å². The van der Waals surface area contributed by atoms with Gasteiger partial charge in [0.2, 0.25) is 5.91 Å². The maximum absolute atomic E-state index is 13.2. The maximum Gasteiger partial charge on any atom is 0.220 e. The van der Waals surface area contributed by atoms with Gasteiger partial charge in [-0.05, 0) is 135 Å². The topological polar surface area (TPSA) is 228 Å². The number of carbonyl (C=O) groups is 1. The summed E-state index contributed by atoms with van der Waals surface area (Å²) in [6.45, 7) is 2.55. The van der Waals surface area contributed by atoms with E-state index >= 15 is 0 Å². The van der Waals surface area contributed by atoms with Gasteiger partial charge < -0.3 is 65.1 Å². The number of aliphatic hydroxyl groups excluding tert-OH is 8. The summed E-state index contributed by atoms with van der Waals surface area (Å²) in [6, 6.07) is -0.975. The van der Waals surface area contributed by atoms with Crippen molar-refractivity contribution in [3.63, 3.8) is 0 Å². The van der Waals surface area contributed by atoms with Crippen LogP contribution in [0.4, 0.5) is 0 Å². The van der Waals surface area contributed by atoms with Gasteiger partial charge in [0.05, 0.1) is 32.0 Å². The molecule has 2 fully saturated rings. The van der Waals surface area contributed by atoms with E-state index in [1.165, 1.54) is 19.3 Å². The fourth-order valence-electron chi connectivity index (χ4n) is 8.95. The fraction of sp³-hybridized carbons (Fsp3) is 0.569. The van der Waals surface area contributed by atoms with Crippen LogP contribution in [0.5, 0.6) is 0 Å². The van der Waals surface area contributed by atoms with Gasteiger partial charge in [0.1, 0.15) is 48.8 Å². The number of carbonyl (C=O) groups excluding carboxylic acids is 1. The van der Waals surface area contributed by atoms with Crippen LogP contribution < -0.4 is 5.32 Å². The van der Waals surface area contributed by atoms with Crippen molar-refractivity contribution < 1.29 is 64.6 Å². The smallest absolute Gasteiger partial charge is 0.220 e. The molecule has 12 unspecified atom stereocenters. The van der Waals surface area contributed by atoms with Crippen LogP contribution in [0.1, 0.15) is 168 Å². The van der Waals surface area contributed by atoms with E-state index in [0.717, 1.165) is 116 Å². The SMILES string of the molecule is CC/C=C\C/C=C\C/C=C\C/C=C\C/C=C\C/C=C\C/C=C\C/C=C\C/C=C\C/C=C\C/C=C\C/C=C\CCCCC(=O)NC(COC1OC(CO)C(OC2OC(CO)C(O)C(O)C2O)C(O)C1O)C(O)/C=C/CC/C=C/CC/C=C/CCCCC. The van der Waals surface area contributed by atoms with Gasteiger partial charge in [0.25, 0.3) is 0 Å². The van der Waals surface area contributed by atoms with Crippen LogP contribution in [0, 0.1) is 0 Å². The first-order chi connectivity index (χ1) is 42.1. The largest absolute Gasteiger partial charge is 0.394 e. The van der Waals surface area contributed by atoms with Crippen molar-refractivity contribution in [3.8, 4) is 0 Å². The maximum atomic E-state index is 13.2.